The molecule has 1 aromatic rings. The van der Waals surface area contributed by atoms with Gasteiger partial charge in [0.1, 0.15) is 6.04 Å². The number of methoxy groups -OCH3 is 1. The molecule has 1 fully saturated rings. The fourth-order valence-electron chi connectivity index (χ4n) is 4.27. The van der Waals surface area contributed by atoms with E-state index in [0.717, 1.165) is 19.3 Å². The molecular weight excluding hydrogens is 481 g/mol. The van der Waals surface area contributed by atoms with Crippen LogP contribution < -0.4 is 5.32 Å². The largest absolute Gasteiger partial charge is 0.471 e. The van der Waals surface area contributed by atoms with E-state index >= 15 is 0 Å². The molecule has 34 heavy (non-hydrogen) atoms. The highest BCUT2D eigenvalue weighted by atomic mass is 32.2. The fourth-order valence-corrected chi connectivity index (χ4v) is 5.76. The van der Waals surface area contributed by atoms with Crippen LogP contribution in [0.1, 0.15) is 19.3 Å². The molecule has 0 bridgehead atoms. The first kappa shape index (κ1) is 25.4. The monoisotopic (exact) mass is 502 g/mol. The van der Waals surface area contributed by atoms with Crippen LogP contribution in [0.4, 0.5) is 13.2 Å². The molecule has 1 aliphatic heterocycles. The molecule has 0 aromatic heterocycles. The van der Waals surface area contributed by atoms with E-state index in [0.29, 0.717) is 4.31 Å². The summed E-state index contributed by atoms with van der Waals surface area (Å²) in [5.41, 5.74) is -1.84. The van der Waals surface area contributed by atoms with Gasteiger partial charge in [0, 0.05) is 13.0 Å². The second-order valence-electron chi connectivity index (χ2n) is 7.98. The molecule has 1 N–H and O–H groups in total. The lowest BCUT2D eigenvalue weighted by atomic mass is 9.63. The number of ketones is 1. The number of fused-ring (bicyclic) bond motifs is 1. The van der Waals surface area contributed by atoms with Crippen molar-refractivity contribution in [3.63, 3.8) is 0 Å². The summed E-state index contributed by atoms with van der Waals surface area (Å²) >= 11 is 0. The van der Waals surface area contributed by atoms with Crippen LogP contribution in [0.25, 0.3) is 0 Å². The Hall–Kier alpha value is -3.22. The number of nitrogens with one attached hydrogen (secondary N) is 1. The topological polar surface area (TPSA) is 127 Å². The molecule has 1 unspecified atom stereocenters. The van der Waals surface area contributed by atoms with Gasteiger partial charge in [-0.25, -0.2) is 17.5 Å². The quantitative estimate of drug-likeness (QED) is 0.582. The van der Waals surface area contributed by atoms with E-state index in [-0.39, 0.29) is 30.1 Å². The van der Waals surface area contributed by atoms with Gasteiger partial charge in [0.05, 0.1) is 17.4 Å². The number of piperidine rings is 1. The predicted octanol–water partition coefficient (Wildman–Crippen LogP) is 1.35. The van der Waals surface area contributed by atoms with Crippen molar-refractivity contribution in [2.24, 2.45) is 11.3 Å². The molecule has 2 aliphatic rings. The SMILES string of the molecule is COC(=O)C(C[C@@]12C=CC(=O)C[C@@H]1CCN(S(=O)(=O)c1ccccc1)C2=O)NC(=O)C(F)(F)F. The number of allylic oxidation sites excluding steroid dienone is 1. The van der Waals surface area contributed by atoms with Gasteiger partial charge in [-0.2, -0.15) is 13.2 Å². The average Bonchev–Trinajstić information content (AvgIpc) is 2.79. The third-order valence-corrected chi connectivity index (χ3v) is 7.77. The van der Waals surface area contributed by atoms with Crippen molar-refractivity contribution in [1.29, 1.82) is 0 Å². The normalized spacial score (nSPS) is 23.8. The molecule has 3 rings (SSSR count). The van der Waals surface area contributed by atoms with Gasteiger partial charge < -0.3 is 10.1 Å². The molecule has 0 saturated carbocycles. The van der Waals surface area contributed by atoms with Crippen LogP contribution in [0, 0.1) is 11.3 Å². The van der Waals surface area contributed by atoms with Gasteiger partial charge in [0.15, 0.2) is 5.78 Å². The number of sulfonamides is 1. The fraction of sp³-hybridized carbons (Fsp3) is 0.429. The Morgan fingerprint density at radius 2 is 1.88 bits per heavy atom. The summed E-state index contributed by atoms with van der Waals surface area (Å²) in [4.78, 5) is 49.2. The highest BCUT2D eigenvalue weighted by Crippen LogP contribution is 2.47. The van der Waals surface area contributed by atoms with Gasteiger partial charge in [-0.3, -0.25) is 14.4 Å². The third kappa shape index (κ3) is 4.69. The van der Waals surface area contributed by atoms with Gasteiger partial charge in [-0.1, -0.05) is 24.3 Å². The number of hydrogen-bond acceptors (Lipinski definition) is 7. The van der Waals surface area contributed by atoms with Crippen LogP contribution >= 0.6 is 0 Å². The molecule has 1 saturated heterocycles. The van der Waals surface area contributed by atoms with Crippen LogP contribution in [0.5, 0.6) is 0 Å². The minimum absolute atomic E-state index is 0.0228. The minimum Gasteiger partial charge on any atom is -0.467 e. The molecule has 1 aromatic carbocycles. The maximum atomic E-state index is 13.6. The number of hydrogen-bond donors (Lipinski definition) is 1. The third-order valence-electron chi connectivity index (χ3n) is 5.97. The first-order valence-corrected chi connectivity index (χ1v) is 11.6. The van der Waals surface area contributed by atoms with Gasteiger partial charge >= 0.3 is 18.1 Å². The molecular formula is C21H21F3N2O7S. The maximum Gasteiger partial charge on any atom is 0.471 e. The van der Waals surface area contributed by atoms with E-state index in [1.165, 1.54) is 29.6 Å². The highest BCUT2D eigenvalue weighted by molar-refractivity contribution is 7.89. The van der Waals surface area contributed by atoms with Gasteiger partial charge in [-0.15, -0.1) is 0 Å². The first-order chi connectivity index (χ1) is 15.8. The summed E-state index contributed by atoms with van der Waals surface area (Å²) in [6.07, 6.45) is -4.05. The predicted molar refractivity (Wildman–Crippen MR) is 109 cm³/mol. The minimum atomic E-state index is -5.32. The second-order valence-corrected chi connectivity index (χ2v) is 9.84. The zero-order chi connectivity index (χ0) is 25.3. The summed E-state index contributed by atoms with van der Waals surface area (Å²) in [6, 6.07) is 5.12. The molecule has 2 amide bonds. The number of amides is 2. The Labute approximate surface area is 193 Å². The summed E-state index contributed by atoms with van der Waals surface area (Å²) < 4.78 is 70.0. The Bertz CT molecular complexity index is 1130. The Morgan fingerprint density at radius 3 is 2.47 bits per heavy atom. The molecule has 1 aliphatic carbocycles. The van der Waals surface area contributed by atoms with Crippen LogP contribution in [0.3, 0.4) is 0 Å². The number of esters is 1. The maximum absolute atomic E-state index is 13.6. The number of benzene rings is 1. The molecule has 9 nitrogen and oxygen atoms in total. The van der Waals surface area contributed by atoms with E-state index in [9.17, 15) is 40.8 Å². The summed E-state index contributed by atoms with van der Waals surface area (Å²) in [5, 5.41) is 1.52. The Balaban J connectivity index is 2.05. The molecule has 184 valence electrons. The number of carbonyl (C=O) groups excluding carboxylic acids is 4. The van der Waals surface area contributed by atoms with Crippen molar-refractivity contribution in [2.75, 3.05) is 13.7 Å². The van der Waals surface area contributed by atoms with Crippen molar-refractivity contribution in [3.05, 3.63) is 42.5 Å². The number of halogens is 3. The first-order valence-electron chi connectivity index (χ1n) is 10.1. The molecule has 0 spiro atoms. The summed E-state index contributed by atoms with van der Waals surface area (Å²) in [6.45, 7) is -0.263. The highest BCUT2D eigenvalue weighted by Gasteiger charge is 2.56. The van der Waals surface area contributed by atoms with Crippen LogP contribution in [0.15, 0.2) is 47.4 Å². The lowest BCUT2D eigenvalue weighted by Gasteiger charge is -2.47. The number of carbonyl (C=O) groups is 4. The average molecular weight is 502 g/mol. The Kier molecular flexibility index (Phi) is 6.87. The summed E-state index contributed by atoms with van der Waals surface area (Å²) in [7, 11) is -3.45. The van der Waals surface area contributed by atoms with E-state index in [1.54, 1.807) is 6.07 Å². The van der Waals surface area contributed by atoms with Gasteiger partial charge in [0.25, 0.3) is 10.0 Å². The molecule has 13 heteroatoms. The number of nitrogens with zero attached hydrogens (tertiary/aromatic N) is 1. The van der Waals surface area contributed by atoms with E-state index in [1.807, 2.05) is 0 Å². The van der Waals surface area contributed by atoms with Crippen LogP contribution in [0.2, 0.25) is 0 Å². The van der Waals surface area contributed by atoms with Crippen LogP contribution in [-0.2, 0) is 33.9 Å². The lowest BCUT2D eigenvalue weighted by molar-refractivity contribution is -0.176. The van der Waals surface area contributed by atoms with E-state index in [2.05, 4.69) is 4.74 Å². The number of ether oxygens (including phenoxy) is 1. The van der Waals surface area contributed by atoms with Gasteiger partial charge in [-0.05, 0) is 37.0 Å². The van der Waals surface area contributed by atoms with E-state index in [4.69, 9.17) is 0 Å². The standard InChI is InChI=1S/C21H21F3N2O7S/c1-33-17(28)16(25-18(29)21(22,23)24)12-20-9-7-14(27)11-13(20)8-10-26(19(20)30)34(31,32)15-5-3-2-4-6-15/h2-7,9,13,16H,8,10-12H2,1H3,(H,25,29)/t13-,16?,20-/m0/s1. The van der Waals surface area contributed by atoms with E-state index < -0.39 is 57.8 Å². The van der Waals surface area contributed by atoms with Crippen molar-refractivity contribution >= 4 is 33.6 Å². The number of rotatable bonds is 6. The van der Waals surface area contributed by atoms with Crippen molar-refractivity contribution < 1.29 is 45.5 Å². The van der Waals surface area contributed by atoms with Crippen molar-refractivity contribution in [1.82, 2.24) is 9.62 Å². The molecule has 1 heterocycles. The summed E-state index contributed by atoms with van der Waals surface area (Å²) in [5.74, 6) is -5.85. The van der Waals surface area contributed by atoms with Crippen molar-refractivity contribution in [2.45, 2.75) is 36.4 Å². The zero-order valence-electron chi connectivity index (χ0n) is 17.9. The number of alkyl halides is 3. The Morgan fingerprint density at radius 1 is 1.24 bits per heavy atom. The second kappa shape index (κ2) is 9.20. The molecule has 0 radical (unpaired) electrons. The van der Waals surface area contributed by atoms with Gasteiger partial charge in [0.2, 0.25) is 5.91 Å². The molecule has 3 atom stereocenters. The smallest absolute Gasteiger partial charge is 0.467 e. The van der Waals surface area contributed by atoms with Crippen LogP contribution in [-0.4, -0.2) is 62.2 Å². The van der Waals surface area contributed by atoms with Crippen molar-refractivity contribution in [3.8, 4) is 0 Å². The zero-order valence-corrected chi connectivity index (χ0v) is 18.7. The lowest BCUT2D eigenvalue weighted by Crippen LogP contribution is -2.59.